The van der Waals surface area contributed by atoms with Crippen LogP contribution in [0, 0.1) is 17.7 Å². The zero-order valence-corrected chi connectivity index (χ0v) is 20.5. The lowest BCUT2D eigenvalue weighted by Crippen LogP contribution is -2.32. The van der Waals surface area contributed by atoms with Crippen LogP contribution >= 0.6 is 0 Å². The highest BCUT2D eigenvalue weighted by Crippen LogP contribution is 2.30. The molecule has 0 radical (unpaired) electrons. The van der Waals surface area contributed by atoms with E-state index in [2.05, 4.69) is 26.8 Å². The van der Waals surface area contributed by atoms with Gasteiger partial charge in [-0.3, -0.25) is 0 Å². The van der Waals surface area contributed by atoms with Crippen LogP contribution in [-0.4, -0.2) is 45.1 Å². The SMILES string of the molecule is CCN(C)c1nc(NC[C@H]2CC[C@H](CNS(=O)(=O)c3ccccc3F)CC2)nc2ccccc12. The lowest BCUT2D eigenvalue weighted by molar-refractivity contribution is 0.284. The van der Waals surface area contributed by atoms with Gasteiger partial charge in [0.1, 0.15) is 16.5 Å². The minimum atomic E-state index is -3.84. The summed E-state index contributed by atoms with van der Waals surface area (Å²) in [5.74, 6) is 1.55. The number of nitrogens with zero attached hydrogens (tertiary/aromatic N) is 3. The summed E-state index contributed by atoms with van der Waals surface area (Å²) in [5, 5.41) is 4.46. The molecule has 0 aliphatic heterocycles. The quantitative estimate of drug-likeness (QED) is 0.467. The number of anilines is 2. The first-order valence-corrected chi connectivity index (χ1v) is 13.3. The first kappa shape index (κ1) is 24.3. The average molecular weight is 486 g/mol. The van der Waals surface area contributed by atoms with Crippen LogP contribution in [-0.2, 0) is 10.0 Å². The van der Waals surface area contributed by atoms with Gasteiger partial charge >= 0.3 is 0 Å². The fourth-order valence-corrected chi connectivity index (χ4v) is 5.62. The topological polar surface area (TPSA) is 87.2 Å². The van der Waals surface area contributed by atoms with Gasteiger partial charge in [0.25, 0.3) is 0 Å². The van der Waals surface area contributed by atoms with Crippen LogP contribution in [0.5, 0.6) is 0 Å². The molecule has 182 valence electrons. The van der Waals surface area contributed by atoms with E-state index in [1.165, 1.54) is 18.2 Å². The molecule has 2 aromatic carbocycles. The molecule has 1 aromatic heterocycles. The summed E-state index contributed by atoms with van der Waals surface area (Å²) in [6, 6.07) is 13.5. The molecule has 2 N–H and O–H groups in total. The van der Waals surface area contributed by atoms with Gasteiger partial charge in [0.05, 0.1) is 5.52 Å². The number of rotatable bonds is 9. The molecule has 0 unspecified atom stereocenters. The molecule has 1 aliphatic rings. The summed E-state index contributed by atoms with van der Waals surface area (Å²) in [5.41, 5.74) is 0.918. The number of para-hydroxylation sites is 1. The summed E-state index contributed by atoms with van der Waals surface area (Å²) in [7, 11) is -1.81. The summed E-state index contributed by atoms with van der Waals surface area (Å²) in [4.78, 5) is 11.3. The van der Waals surface area contributed by atoms with Gasteiger partial charge in [-0.25, -0.2) is 22.5 Å². The Morgan fingerprint density at radius 3 is 2.32 bits per heavy atom. The van der Waals surface area contributed by atoms with Gasteiger partial charge in [0.2, 0.25) is 16.0 Å². The molecule has 1 heterocycles. The second-order valence-electron chi connectivity index (χ2n) is 8.95. The van der Waals surface area contributed by atoms with Crippen LogP contribution < -0.4 is 14.9 Å². The molecule has 9 heteroatoms. The fourth-order valence-electron chi connectivity index (χ4n) is 4.42. The molecule has 1 fully saturated rings. The van der Waals surface area contributed by atoms with Crippen molar-refractivity contribution in [3.8, 4) is 0 Å². The number of fused-ring (bicyclic) bond motifs is 1. The lowest BCUT2D eigenvalue weighted by atomic mass is 9.82. The van der Waals surface area contributed by atoms with E-state index in [0.717, 1.165) is 61.6 Å². The molecule has 0 atom stereocenters. The smallest absolute Gasteiger partial charge is 0.243 e. The lowest BCUT2D eigenvalue weighted by Gasteiger charge is -2.29. The van der Waals surface area contributed by atoms with Crippen LogP contribution in [0.3, 0.4) is 0 Å². The third-order valence-electron chi connectivity index (χ3n) is 6.62. The molecule has 0 amide bonds. The van der Waals surface area contributed by atoms with Gasteiger partial charge < -0.3 is 10.2 Å². The summed E-state index contributed by atoms with van der Waals surface area (Å²) >= 11 is 0. The zero-order valence-electron chi connectivity index (χ0n) is 19.7. The number of benzene rings is 2. The third-order valence-corrected chi connectivity index (χ3v) is 8.08. The van der Waals surface area contributed by atoms with Gasteiger partial charge in [-0.05, 0) is 68.7 Å². The molecular weight excluding hydrogens is 453 g/mol. The molecule has 3 aromatic rings. The number of halogens is 1. The van der Waals surface area contributed by atoms with Crippen LogP contribution in [0.25, 0.3) is 10.9 Å². The Balaban J connectivity index is 1.30. The van der Waals surface area contributed by atoms with E-state index in [9.17, 15) is 12.8 Å². The van der Waals surface area contributed by atoms with E-state index in [0.29, 0.717) is 18.4 Å². The summed E-state index contributed by atoms with van der Waals surface area (Å²) < 4.78 is 41.3. The predicted molar refractivity (Wildman–Crippen MR) is 134 cm³/mol. The molecule has 7 nitrogen and oxygen atoms in total. The van der Waals surface area contributed by atoms with Crippen molar-refractivity contribution >= 4 is 32.7 Å². The molecule has 0 bridgehead atoms. The van der Waals surface area contributed by atoms with Crippen molar-refractivity contribution in [2.45, 2.75) is 37.5 Å². The molecule has 4 rings (SSSR count). The van der Waals surface area contributed by atoms with Crippen molar-refractivity contribution in [1.29, 1.82) is 0 Å². The normalized spacial score (nSPS) is 18.7. The first-order chi connectivity index (χ1) is 16.4. The highest BCUT2D eigenvalue weighted by molar-refractivity contribution is 7.89. The summed E-state index contributed by atoms with van der Waals surface area (Å²) in [6.07, 6.45) is 3.84. The number of nitrogens with one attached hydrogen (secondary N) is 2. The second-order valence-corrected chi connectivity index (χ2v) is 10.7. The van der Waals surface area contributed by atoms with Gasteiger partial charge in [0.15, 0.2) is 0 Å². The Kier molecular flexibility index (Phi) is 7.63. The van der Waals surface area contributed by atoms with E-state index in [4.69, 9.17) is 4.98 Å². The number of hydrogen-bond acceptors (Lipinski definition) is 6. The van der Waals surface area contributed by atoms with Gasteiger partial charge in [-0.1, -0.05) is 24.3 Å². The Bertz CT molecular complexity index is 1230. The van der Waals surface area contributed by atoms with E-state index in [-0.39, 0.29) is 10.8 Å². The molecule has 34 heavy (non-hydrogen) atoms. The van der Waals surface area contributed by atoms with Crippen molar-refractivity contribution in [1.82, 2.24) is 14.7 Å². The van der Waals surface area contributed by atoms with E-state index >= 15 is 0 Å². The molecule has 1 aliphatic carbocycles. The van der Waals surface area contributed by atoms with Gasteiger partial charge in [0, 0.05) is 32.1 Å². The first-order valence-electron chi connectivity index (χ1n) is 11.8. The van der Waals surface area contributed by atoms with Crippen LogP contribution in [0.2, 0.25) is 0 Å². The minimum absolute atomic E-state index is 0.250. The number of aromatic nitrogens is 2. The Labute approximate surface area is 200 Å². The standard InChI is InChI=1S/C25H32FN5O2S/c1-3-31(2)24-20-8-4-6-10-22(20)29-25(30-24)27-16-18-12-14-19(15-13-18)17-28-34(32,33)23-11-7-5-9-21(23)26/h4-11,18-19,28H,3,12-17H2,1-2H3,(H,27,29,30)/t18-,19-. The third kappa shape index (κ3) is 5.64. The monoisotopic (exact) mass is 485 g/mol. The van der Waals surface area contributed by atoms with Gasteiger partial charge in [-0.15, -0.1) is 0 Å². The highest BCUT2D eigenvalue weighted by Gasteiger charge is 2.24. The Morgan fingerprint density at radius 2 is 1.62 bits per heavy atom. The zero-order chi connectivity index (χ0) is 24.1. The second kappa shape index (κ2) is 10.7. The number of hydrogen-bond donors (Lipinski definition) is 2. The molecule has 1 saturated carbocycles. The van der Waals surface area contributed by atoms with E-state index in [1.807, 2.05) is 31.3 Å². The van der Waals surface area contributed by atoms with Crippen LogP contribution in [0.4, 0.5) is 16.2 Å². The molecular formula is C25H32FN5O2S. The highest BCUT2D eigenvalue weighted by atomic mass is 32.2. The number of sulfonamides is 1. The van der Waals surface area contributed by atoms with Crippen LogP contribution in [0.1, 0.15) is 32.6 Å². The van der Waals surface area contributed by atoms with Gasteiger partial charge in [-0.2, -0.15) is 4.98 Å². The Hall–Kier alpha value is -2.78. The summed E-state index contributed by atoms with van der Waals surface area (Å²) in [6.45, 7) is 4.06. The van der Waals surface area contributed by atoms with Crippen molar-refractivity contribution in [2.75, 3.05) is 36.9 Å². The van der Waals surface area contributed by atoms with Crippen molar-refractivity contribution < 1.29 is 12.8 Å². The largest absolute Gasteiger partial charge is 0.359 e. The van der Waals surface area contributed by atoms with E-state index < -0.39 is 15.8 Å². The maximum Gasteiger partial charge on any atom is 0.243 e. The van der Waals surface area contributed by atoms with E-state index in [1.54, 1.807) is 0 Å². The molecule has 0 spiro atoms. The fraction of sp³-hybridized carbons (Fsp3) is 0.440. The molecule has 0 saturated heterocycles. The maximum atomic E-state index is 13.9. The van der Waals surface area contributed by atoms with Crippen molar-refractivity contribution in [3.63, 3.8) is 0 Å². The average Bonchev–Trinajstić information content (AvgIpc) is 2.86. The maximum absolute atomic E-state index is 13.9. The van der Waals surface area contributed by atoms with Crippen molar-refractivity contribution in [3.05, 3.63) is 54.3 Å². The van der Waals surface area contributed by atoms with Crippen LogP contribution in [0.15, 0.2) is 53.4 Å². The minimum Gasteiger partial charge on any atom is -0.359 e. The Morgan fingerprint density at radius 1 is 0.971 bits per heavy atom. The predicted octanol–water partition coefficient (Wildman–Crippen LogP) is 4.42. The van der Waals surface area contributed by atoms with Crippen molar-refractivity contribution in [2.24, 2.45) is 11.8 Å².